The van der Waals surface area contributed by atoms with E-state index in [4.69, 9.17) is 16.0 Å². The topological polar surface area (TPSA) is 58.4 Å². The molecule has 1 N–H and O–H groups in total. The highest BCUT2D eigenvalue weighted by atomic mass is 35.5. The Balaban J connectivity index is 1.44. The summed E-state index contributed by atoms with van der Waals surface area (Å²) in [6, 6.07) is 11.2. The van der Waals surface area contributed by atoms with Crippen LogP contribution in [0, 0.1) is 0 Å². The average Bonchev–Trinajstić information content (AvgIpc) is 3.25. The molecule has 0 radical (unpaired) electrons. The molecule has 0 saturated carbocycles. The number of anilines is 1. The van der Waals surface area contributed by atoms with Gasteiger partial charge in [-0.1, -0.05) is 29.8 Å². The molecule has 3 aromatic rings. The van der Waals surface area contributed by atoms with E-state index in [0.29, 0.717) is 5.13 Å². The molecule has 0 spiro atoms. The molecule has 25 heavy (non-hydrogen) atoms. The zero-order chi connectivity index (χ0) is 17.2. The van der Waals surface area contributed by atoms with Crippen molar-refractivity contribution in [1.82, 2.24) is 9.88 Å². The molecule has 0 unspecified atom stereocenters. The van der Waals surface area contributed by atoms with Crippen molar-refractivity contribution in [2.75, 3.05) is 11.9 Å². The normalized spacial score (nSPS) is 14.3. The molecule has 1 amide bonds. The second-order valence-electron chi connectivity index (χ2n) is 5.87. The Hall–Kier alpha value is -2.15. The summed E-state index contributed by atoms with van der Waals surface area (Å²) >= 11 is 7.78. The first-order chi connectivity index (χ1) is 12.2. The van der Waals surface area contributed by atoms with Gasteiger partial charge in [-0.2, -0.15) is 0 Å². The van der Waals surface area contributed by atoms with E-state index >= 15 is 0 Å². The van der Waals surface area contributed by atoms with Gasteiger partial charge in [0.2, 0.25) is 0 Å². The number of halogens is 1. The summed E-state index contributed by atoms with van der Waals surface area (Å²) in [7, 11) is 0. The second-order valence-corrected chi connectivity index (χ2v) is 7.36. The van der Waals surface area contributed by atoms with Crippen molar-refractivity contribution >= 4 is 34.0 Å². The maximum absolute atomic E-state index is 12.1. The third-order valence-electron chi connectivity index (χ3n) is 4.13. The highest BCUT2D eigenvalue weighted by molar-refractivity contribution is 7.15. The molecule has 7 heteroatoms. The largest absolute Gasteiger partial charge is 0.459 e. The maximum atomic E-state index is 12.1. The lowest BCUT2D eigenvalue weighted by atomic mass is 10.1. The molecule has 0 bridgehead atoms. The van der Waals surface area contributed by atoms with Crippen LogP contribution in [0.25, 0.3) is 0 Å². The van der Waals surface area contributed by atoms with Crippen LogP contribution in [-0.4, -0.2) is 22.3 Å². The van der Waals surface area contributed by atoms with Crippen LogP contribution in [0.1, 0.15) is 26.7 Å². The number of carbonyl (C=O) groups is 1. The highest BCUT2D eigenvalue weighted by Gasteiger charge is 2.22. The van der Waals surface area contributed by atoms with Gasteiger partial charge in [0.1, 0.15) is 0 Å². The van der Waals surface area contributed by atoms with Gasteiger partial charge in [-0.05, 0) is 23.8 Å². The molecule has 1 aliphatic rings. The molecule has 0 fully saturated rings. The molecule has 0 saturated heterocycles. The second kappa shape index (κ2) is 7.00. The van der Waals surface area contributed by atoms with E-state index < -0.39 is 0 Å². The molecule has 0 atom stereocenters. The first-order valence-electron chi connectivity index (χ1n) is 7.98. The van der Waals surface area contributed by atoms with Gasteiger partial charge in [-0.3, -0.25) is 15.0 Å². The van der Waals surface area contributed by atoms with E-state index in [2.05, 4.69) is 21.3 Å². The molecule has 128 valence electrons. The zero-order valence-electron chi connectivity index (χ0n) is 13.4. The summed E-state index contributed by atoms with van der Waals surface area (Å²) in [5.74, 6) is 0.0116. The Morgan fingerprint density at radius 1 is 1.32 bits per heavy atom. The van der Waals surface area contributed by atoms with E-state index in [-0.39, 0.29) is 11.7 Å². The number of carbonyl (C=O) groups excluding carboxylic acids is 1. The number of furan rings is 1. The number of amides is 1. The number of hydrogen-bond acceptors (Lipinski definition) is 5. The number of nitrogens with zero attached hydrogens (tertiary/aromatic N) is 2. The van der Waals surface area contributed by atoms with E-state index in [0.717, 1.165) is 42.3 Å². The quantitative estimate of drug-likeness (QED) is 0.744. The fraction of sp³-hybridized carbons (Fsp3) is 0.222. The van der Waals surface area contributed by atoms with Gasteiger partial charge in [-0.25, -0.2) is 4.98 Å². The fourth-order valence-electron chi connectivity index (χ4n) is 2.87. The van der Waals surface area contributed by atoms with Crippen LogP contribution in [-0.2, 0) is 19.5 Å². The minimum atomic E-state index is -0.274. The van der Waals surface area contributed by atoms with Crippen molar-refractivity contribution in [2.45, 2.75) is 19.5 Å². The number of aromatic nitrogens is 1. The minimum Gasteiger partial charge on any atom is -0.459 e. The third-order valence-corrected chi connectivity index (χ3v) is 5.49. The predicted octanol–water partition coefficient (Wildman–Crippen LogP) is 4.20. The van der Waals surface area contributed by atoms with Crippen molar-refractivity contribution in [3.8, 4) is 0 Å². The van der Waals surface area contributed by atoms with E-state index in [1.165, 1.54) is 22.5 Å². The van der Waals surface area contributed by atoms with Gasteiger partial charge in [-0.15, -0.1) is 11.3 Å². The van der Waals surface area contributed by atoms with Crippen molar-refractivity contribution in [3.63, 3.8) is 0 Å². The molecule has 4 rings (SSSR count). The summed E-state index contributed by atoms with van der Waals surface area (Å²) in [4.78, 5) is 20.2. The number of benzene rings is 1. The van der Waals surface area contributed by atoms with Crippen molar-refractivity contribution in [3.05, 3.63) is 69.6 Å². The SMILES string of the molecule is O=C(Nc1nc2c(s1)CN(Cc1ccccc1Cl)CC2)c1ccco1. The van der Waals surface area contributed by atoms with Gasteiger partial charge in [0.25, 0.3) is 5.91 Å². The Labute approximate surface area is 154 Å². The molecule has 1 aromatic carbocycles. The lowest BCUT2D eigenvalue weighted by molar-refractivity contribution is 0.0996. The molecule has 1 aliphatic heterocycles. The monoisotopic (exact) mass is 373 g/mol. The van der Waals surface area contributed by atoms with Gasteiger partial charge in [0.05, 0.1) is 12.0 Å². The summed E-state index contributed by atoms with van der Waals surface area (Å²) in [5.41, 5.74) is 2.19. The lowest BCUT2D eigenvalue weighted by Crippen LogP contribution is -2.29. The Kier molecular flexibility index (Phi) is 4.57. The molecule has 2 aromatic heterocycles. The van der Waals surface area contributed by atoms with E-state index in [1.807, 2.05) is 18.2 Å². The average molecular weight is 374 g/mol. The van der Waals surface area contributed by atoms with Gasteiger partial charge >= 0.3 is 0 Å². The first kappa shape index (κ1) is 16.3. The number of hydrogen-bond donors (Lipinski definition) is 1. The van der Waals surface area contributed by atoms with Crippen LogP contribution >= 0.6 is 22.9 Å². The molecular formula is C18H16ClN3O2S. The van der Waals surface area contributed by atoms with Crippen LogP contribution in [0.3, 0.4) is 0 Å². The smallest absolute Gasteiger partial charge is 0.293 e. The van der Waals surface area contributed by atoms with Crippen LogP contribution in [0.15, 0.2) is 47.1 Å². The van der Waals surface area contributed by atoms with Crippen molar-refractivity contribution in [2.24, 2.45) is 0 Å². The zero-order valence-corrected chi connectivity index (χ0v) is 14.9. The van der Waals surface area contributed by atoms with Gasteiger partial charge in [0.15, 0.2) is 10.9 Å². The molecular weight excluding hydrogens is 358 g/mol. The van der Waals surface area contributed by atoms with Crippen LogP contribution in [0.5, 0.6) is 0 Å². The summed E-state index contributed by atoms with van der Waals surface area (Å²) in [6.07, 6.45) is 2.35. The van der Waals surface area contributed by atoms with Crippen LogP contribution in [0.4, 0.5) is 5.13 Å². The Bertz CT molecular complexity index is 892. The van der Waals surface area contributed by atoms with Gasteiger partial charge in [0, 0.05) is 36.0 Å². The molecule has 3 heterocycles. The standard InChI is InChI=1S/C18H16ClN3O2S/c19-13-5-2-1-4-12(13)10-22-8-7-14-16(11-22)25-18(20-14)21-17(23)15-6-3-9-24-15/h1-6,9H,7-8,10-11H2,(H,20,21,23). The summed E-state index contributed by atoms with van der Waals surface area (Å²) < 4.78 is 5.11. The summed E-state index contributed by atoms with van der Waals surface area (Å²) in [5, 5.41) is 4.22. The number of nitrogens with one attached hydrogen (secondary N) is 1. The first-order valence-corrected chi connectivity index (χ1v) is 9.17. The lowest BCUT2D eigenvalue weighted by Gasteiger charge is -2.26. The third kappa shape index (κ3) is 3.61. The number of thiazole rings is 1. The van der Waals surface area contributed by atoms with Crippen LogP contribution < -0.4 is 5.32 Å². The number of rotatable bonds is 4. The summed E-state index contributed by atoms with van der Waals surface area (Å²) in [6.45, 7) is 2.55. The van der Waals surface area contributed by atoms with Crippen molar-refractivity contribution in [1.29, 1.82) is 0 Å². The van der Waals surface area contributed by atoms with E-state index in [9.17, 15) is 4.79 Å². The number of fused-ring (bicyclic) bond motifs is 1. The Morgan fingerprint density at radius 2 is 2.20 bits per heavy atom. The van der Waals surface area contributed by atoms with Crippen LogP contribution in [0.2, 0.25) is 5.02 Å². The van der Waals surface area contributed by atoms with Gasteiger partial charge < -0.3 is 4.42 Å². The molecule has 5 nitrogen and oxygen atoms in total. The molecule has 0 aliphatic carbocycles. The van der Waals surface area contributed by atoms with E-state index in [1.54, 1.807) is 12.1 Å². The Morgan fingerprint density at radius 3 is 3.00 bits per heavy atom. The maximum Gasteiger partial charge on any atom is 0.293 e. The predicted molar refractivity (Wildman–Crippen MR) is 98.0 cm³/mol. The minimum absolute atomic E-state index is 0.274. The highest BCUT2D eigenvalue weighted by Crippen LogP contribution is 2.30. The van der Waals surface area contributed by atoms with Crippen molar-refractivity contribution < 1.29 is 9.21 Å². The fourth-order valence-corrected chi connectivity index (χ4v) is 4.11.